The summed E-state index contributed by atoms with van der Waals surface area (Å²) in [6.45, 7) is 5.05. The van der Waals surface area contributed by atoms with Crippen molar-refractivity contribution in [3.63, 3.8) is 0 Å². The lowest BCUT2D eigenvalue weighted by molar-refractivity contribution is -0.123. The van der Waals surface area contributed by atoms with E-state index in [1.54, 1.807) is 37.1 Å². The molecule has 4 rings (SSSR count). The van der Waals surface area contributed by atoms with Crippen molar-refractivity contribution < 1.29 is 19.1 Å². The molecule has 212 valence electrons. The van der Waals surface area contributed by atoms with Crippen LogP contribution >= 0.6 is 23.2 Å². The molecule has 1 aliphatic heterocycles. The lowest BCUT2D eigenvalue weighted by Crippen LogP contribution is -2.51. The predicted octanol–water partition coefficient (Wildman–Crippen LogP) is 4.54. The highest BCUT2D eigenvalue weighted by atomic mass is 35.5. The van der Waals surface area contributed by atoms with Gasteiger partial charge in [-0.05, 0) is 53.9 Å². The van der Waals surface area contributed by atoms with Crippen molar-refractivity contribution in [2.75, 3.05) is 51.4 Å². The molecule has 2 amide bonds. The Kier molecular flexibility index (Phi) is 10.3. The van der Waals surface area contributed by atoms with Gasteiger partial charge in [0.15, 0.2) is 0 Å². The predicted molar refractivity (Wildman–Crippen MR) is 159 cm³/mol. The lowest BCUT2D eigenvalue weighted by Gasteiger charge is -2.34. The second-order valence-electron chi connectivity index (χ2n) is 9.70. The first-order valence-corrected chi connectivity index (χ1v) is 13.9. The van der Waals surface area contributed by atoms with Gasteiger partial charge in [-0.3, -0.25) is 14.5 Å². The first-order valence-electron chi connectivity index (χ1n) is 13.1. The van der Waals surface area contributed by atoms with Crippen LogP contribution in [0.25, 0.3) is 11.1 Å². The third kappa shape index (κ3) is 7.67. The van der Waals surface area contributed by atoms with Crippen LogP contribution in [0.2, 0.25) is 10.0 Å². The van der Waals surface area contributed by atoms with Gasteiger partial charge in [-0.2, -0.15) is 0 Å². The summed E-state index contributed by atoms with van der Waals surface area (Å²) in [5.41, 5.74) is 9.16. The summed E-state index contributed by atoms with van der Waals surface area (Å²) in [6.07, 6.45) is 0. The largest absolute Gasteiger partial charge is 0.497 e. The van der Waals surface area contributed by atoms with E-state index in [2.05, 4.69) is 10.2 Å². The standard InChI is InChI=1S/C30H34Cl2N4O4/c1-20(36(19-29(33)37)24-10-11-26(31)27(32)17-24)30(38)34-28(18-35-12-14-40-15-13-35)22-8-6-21(7-9-22)23-4-3-5-25(16-23)39-2/h3-11,16-17,20,28H,12-15,18-19H2,1-2H3,(H2,33,37)(H,34,38). The van der Waals surface area contributed by atoms with Crippen LogP contribution < -0.4 is 20.7 Å². The number of carbonyl (C=O) groups is 2. The van der Waals surface area contributed by atoms with Gasteiger partial charge in [0.05, 0.1) is 43.0 Å². The quantitative estimate of drug-likeness (QED) is 0.343. The third-order valence-corrected chi connectivity index (χ3v) is 7.72. The molecule has 40 heavy (non-hydrogen) atoms. The second-order valence-corrected chi connectivity index (χ2v) is 10.5. The maximum atomic E-state index is 13.7. The van der Waals surface area contributed by atoms with Gasteiger partial charge in [-0.15, -0.1) is 0 Å². The molecule has 1 aliphatic rings. The molecule has 1 heterocycles. The molecule has 0 aliphatic carbocycles. The number of rotatable bonds is 11. The van der Waals surface area contributed by atoms with Crippen LogP contribution in [-0.4, -0.2) is 69.3 Å². The number of hydrogen-bond donors (Lipinski definition) is 2. The minimum atomic E-state index is -0.715. The van der Waals surface area contributed by atoms with Crippen molar-refractivity contribution in [1.82, 2.24) is 10.2 Å². The van der Waals surface area contributed by atoms with Crippen LogP contribution in [0.15, 0.2) is 66.7 Å². The SMILES string of the molecule is COc1cccc(-c2ccc(C(CN3CCOCC3)NC(=O)C(C)N(CC(N)=O)c3ccc(Cl)c(Cl)c3)cc2)c1. The smallest absolute Gasteiger partial charge is 0.242 e. The van der Waals surface area contributed by atoms with Gasteiger partial charge in [0.2, 0.25) is 11.8 Å². The molecule has 0 radical (unpaired) electrons. The van der Waals surface area contributed by atoms with Crippen LogP contribution in [-0.2, 0) is 14.3 Å². The fourth-order valence-corrected chi connectivity index (χ4v) is 5.00. The summed E-state index contributed by atoms with van der Waals surface area (Å²) < 4.78 is 10.9. The monoisotopic (exact) mass is 584 g/mol. The maximum Gasteiger partial charge on any atom is 0.242 e. The summed E-state index contributed by atoms with van der Waals surface area (Å²) in [5, 5.41) is 3.91. The highest BCUT2D eigenvalue weighted by molar-refractivity contribution is 6.42. The van der Waals surface area contributed by atoms with E-state index in [9.17, 15) is 9.59 Å². The molecule has 8 nitrogen and oxygen atoms in total. The molecule has 10 heteroatoms. The van der Waals surface area contributed by atoms with E-state index in [-0.39, 0.29) is 18.5 Å². The molecule has 0 saturated carbocycles. The van der Waals surface area contributed by atoms with E-state index < -0.39 is 11.9 Å². The van der Waals surface area contributed by atoms with Gasteiger partial charge in [0.25, 0.3) is 0 Å². The molecule has 0 spiro atoms. The molecule has 0 bridgehead atoms. The number of nitrogens with one attached hydrogen (secondary N) is 1. The van der Waals surface area contributed by atoms with E-state index in [4.69, 9.17) is 38.4 Å². The summed E-state index contributed by atoms with van der Waals surface area (Å²) in [5.74, 6) is -0.0262. The molecule has 1 fully saturated rings. The van der Waals surface area contributed by atoms with Gasteiger partial charge in [-0.25, -0.2) is 0 Å². The fraction of sp³-hybridized carbons (Fsp3) is 0.333. The number of halogens is 2. The molecule has 2 atom stereocenters. The van der Waals surface area contributed by atoms with Gasteiger partial charge in [0.1, 0.15) is 11.8 Å². The Hall–Kier alpha value is -3.30. The minimum Gasteiger partial charge on any atom is -0.497 e. The van der Waals surface area contributed by atoms with Crippen LogP contribution in [0.3, 0.4) is 0 Å². The Balaban J connectivity index is 1.57. The molecular formula is C30H34Cl2N4O4. The Morgan fingerprint density at radius 1 is 1.02 bits per heavy atom. The Bertz CT molecular complexity index is 1320. The average Bonchev–Trinajstić information content (AvgIpc) is 2.97. The van der Waals surface area contributed by atoms with E-state index in [0.717, 1.165) is 35.5 Å². The van der Waals surface area contributed by atoms with Crippen molar-refractivity contribution in [2.24, 2.45) is 5.73 Å². The Labute approximate surface area is 244 Å². The van der Waals surface area contributed by atoms with Gasteiger partial charge in [-0.1, -0.05) is 59.6 Å². The number of primary amides is 1. The number of nitrogens with two attached hydrogens (primary N) is 1. The fourth-order valence-electron chi connectivity index (χ4n) is 4.70. The molecule has 3 N–H and O–H groups in total. The normalized spacial score (nSPS) is 15.2. The summed E-state index contributed by atoms with van der Waals surface area (Å²) in [7, 11) is 1.65. The molecule has 1 saturated heterocycles. The van der Waals surface area contributed by atoms with Crippen molar-refractivity contribution in [2.45, 2.75) is 19.0 Å². The number of amides is 2. The third-order valence-electron chi connectivity index (χ3n) is 6.99. The number of methoxy groups -OCH3 is 1. The topological polar surface area (TPSA) is 97.1 Å². The van der Waals surface area contributed by atoms with Crippen LogP contribution in [0.5, 0.6) is 5.75 Å². The van der Waals surface area contributed by atoms with Crippen molar-refractivity contribution >= 4 is 40.7 Å². The first kappa shape index (κ1) is 29.7. The van der Waals surface area contributed by atoms with Crippen LogP contribution in [0, 0.1) is 0 Å². The number of ether oxygens (including phenoxy) is 2. The maximum absolute atomic E-state index is 13.7. The number of benzene rings is 3. The van der Waals surface area contributed by atoms with E-state index >= 15 is 0 Å². The zero-order valence-corrected chi connectivity index (χ0v) is 24.1. The average molecular weight is 586 g/mol. The number of anilines is 1. The summed E-state index contributed by atoms with van der Waals surface area (Å²) >= 11 is 12.3. The zero-order chi connectivity index (χ0) is 28.6. The molecular weight excluding hydrogens is 551 g/mol. The van der Waals surface area contributed by atoms with Crippen molar-refractivity contribution in [3.8, 4) is 16.9 Å². The summed E-state index contributed by atoms with van der Waals surface area (Å²) in [6, 6.07) is 20.0. The highest BCUT2D eigenvalue weighted by Gasteiger charge is 2.27. The Morgan fingerprint density at radius 2 is 1.75 bits per heavy atom. The van der Waals surface area contributed by atoms with Crippen molar-refractivity contribution in [3.05, 3.63) is 82.3 Å². The zero-order valence-electron chi connectivity index (χ0n) is 22.6. The van der Waals surface area contributed by atoms with Gasteiger partial charge >= 0.3 is 0 Å². The molecule has 2 unspecified atom stereocenters. The minimum absolute atomic E-state index is 0.157. The lowest BCUT2D eigenvalue weighted by atomic mass is 9.99. The first-order chi connectivity index (χ1) is 19.2. The number of hydrogen-bond acceptors (Lipinski definition) is 6. The molecule has 3 aromatic rings. The van der Waals surface area contributed by atoms with Gasteiger partial charge < -0.3 is 25.4 Å². The number of carbonyl (C=O) groups excluding carboxylic acids is 2. The van der Waals surface area contributed by atoms with Gasteiger partial charge in [0, 0.05) is 25.3 Å². The molecule has 0 aromatic heterocycles. The molecule has 3 aromatic carbocycles. The van der Waals surface area contributed by atoms with Crippen molar-refractivity contribution in [1.29, 1.82) is 0 Å². The Morgan fingerprint density at radius 3 is 2.40 bits per heavy atom. The van der Waals surface area contributed by atoms with E-state index in [1.807, 2.05) is 48.5 Å². The summed E-state index contributed by atoms with van der Waals surface area (Å²) in [4.78, 5) is 29.5. The van der Waals surface area contributed by atoms with E-state index in [1.165, 1.54) is 0 Å². The van der Waals surface area contributed by atoms with Crippen LogP contribution in [0.4, 0.5) is 5.69 Å². The number of morpholine rings is 1. The second kappa shape index (κ2) is 13.9. The van der Waals surface area contributed by atoms with Crippen LogP contribution in [0.1, 0.15) is 18.5 Å². The highest BCUT2D eigenvalue weighted by Crippen LogP contribution is 2.29. The van der Waals surface area contributed by atoms with E-state index in [0.29, 0.717) is 35.5 Å². The number of nitrogens with zero attached hydrogens (tertiary/aromatic N) is 2.